The van der Waals surface area contributed by atoms with Crippen LogP contribution in [0.4, 0.5) is 0 Å². The van der Waals surface area contributed by atoms with Crippen molar-refractivity contribution in [2.45, 2.75) is 0 Å². The molecule has 0 aromatic carbocycles. The van der Waals surface area contributed by atoms with Crippen LogP contribution < -0.4 is 0 Å². The Kier molecular flexibility index (Phi) is 1.50. The maximum Gasteiger partial charge on any atom is 0.272 e. The maximum absolute atomic E-state index is 8.04. The monoisotopic (exact) mass is 118 g/mol. The van der Waals surface area contributed by atoms with Gasteiger partial charge in [-0.15, -0.1) is 0 Å². The SMILES string of the molecule is O[Si](O)([Si])[Si]. The molecule has 6 radical (unpaired) electrons. The molecule has 2 N–H and O–H groups in total. The molecule has 0 rings (SSSR count). The second kappa shape index (κ2) is 1.35. The largest absolute Gasteiger partial charge is 0.416 e. The highest BCUT2D eigenvalue weighted by Gasteiger charge is 2.08. The van der Waals surface area contributed by atoms with E-state index in [1.807, 2.05) is 0 Å². The molecule has 0 aromatic rings. The van der Waals surface area contributed by atoms with Crippen LogP contribution in [-0.2, 0) is 0 Å². The van der Waals surface area contributed by atoms with Crippen molar-refractivity contribution in [3.8, 4) is 0 Å². The summed E-state index contributed by atoms with van der Waals surface area (Å²) in [5.41, 5.74) is 0. The van der Waals surface area contributed by atoms with E-state index in [1.165, 1.54) is 0 Å². The average Bonchev–Trinajstić information content (AvgIpc) is 0.722. The quantitative estimate of drug-likeness (QED) is 0.353. The van der Waals surface area contributed by atoms with Gasteiger partial charge in [-0.1, -0.05) is 0 Å². The van der Waals surface area contributed by atoms with Crippen molar-refractivity contribution in [2.75, 3.05) is 0 Å². The molecule has 5 heteroatoms. The van der Waals surface area contributed by atoms with E-state index < -0.39 is 7.60 Å². The van der Waals surface area contributed by atoms with Crippen molar-refractivity contribution < 1.29 is 9.59 Å². The summed E-state index contributed by atoms with van der Waals surface area (Å²) in [6, 6.07) is 0. The summed E-state index contributed by atoms with van der Waals surface area (Å²) in [6.07, 6.45) is 0. The first-order chi connectivity index (χ1) is 2.00. The number of hydrogen-bond acceptors (Lipinski definition) is 2. The van der Waals surface area contributed by atoms with E-state index in [2.05, 4.69) is 19.5 Å². The molecule has 0 fully saturated rings. The van der Waals surface area contributed by atoms with Crippen LogP contribution in [0.5, 0.6) is 0 Å². The molecule has 0 heterocycles. The predicted molar refractivity (Wildman–Crippen MR) is 21.7 cm³/mol. The van der Waals surface area contributed by atoms with Gasteiger partial charge in [0.15, 0.2) is 0 Å². The van der Waals surface area contributed by atoms with Crippen molar-refractivity contribution in [1.82, 2.24) is 0 Å². The third-order valence-electron chi connectivity index (χ3n) is 0. The van der Waals surface area contributed by atoms with Gasteiger partial charge in [-0.05, 0) is 0 Å². The van der Waals surface area contributed by atoms with E-state index in [1.54, 1.807) is 0 Å². The molecule has 0 unspecified atom stereocenters. The smallest absolute Gasteiger partial charge is 0.272 e. The molecular weight excluding hydrogens is 116 g/mol. The van der Waals surface area contributed by atoms with Gasteiger partial charge in [0.05, 0.1) is 19.5 Å². The third kappa shape index (κ3) is 92.8. The van der Waals surface area contributed by atoms with Gasteiger partial charge in [0.25, 0.3) is 7.60 Å². The highest BCUT2D eigenvalue weighted by atomic mass is 29.6. The first-order valence-electron chi connectivity index (χ1n) is 0.947. The average molecular weight is 118 g/mol. The highest BCUT2D eigenvalue weighted by Crippen LogP contribution is 1.64. The summed E-state index contributed by atoms with van der Waals surface area (Å²) in [4.78, 5) is 16.1. The van der Waals surface area contributed by atoms with Gasteiger partial charge >= 0.3 is 0 Å². The van der Waals surface area contributed by atoms with Gasteiger partial charge in [-0.3, -0.25) is 0 Å². The fourth-order valence-corrected chi connectivity index (χ4v) is 0. The lowest BCUT2D eigenvalue weighted by Gasteiger charge is -1.98. The summed E-state index contributed by atoms with van der Waals surface area (Å²) in [5.74, 6) is 0. The summed E-state index contributed by atoms with van der Waals surface area (Å²) in [7, 11) is 2.17. The molecule has 0 atom stereocenters. The molecule has 0 spiro atoms. The van der Waals surface area contributed by atoms with E-state index in [9.17, 15) is 0 Å². The minimum absolute atomic E-state index is 2.58. The summed E-state index contributed by atoms with van der Waals surface area (Å²) >= 11 is 0. The van der Waals surface area contributed by atoms with Crippen molar-refractivity contribution in [3.05, 3.63) is 0 Å². The van der Waals surface area contributed by atoms with Crippen LogP contribution in [0.15, 0.2) is 0 Å². The van der Waals surface area contributed by atoms with Crippen molar-refractivity contribution >= 4 is 27.1 Å². The molecule has 26 valence electrons. The third-order valence-corrected chi connectivity index (χ3v) is 0. The fourth-order valence-electron chi connectivity index (χ4n) is 0. The normalized spacial score (nSPS) is 12.0. The van der Waals surface area contributed by atoms with Crippen LogP contribution >= 0.6 is 0 Å². The summed E-state index contributed by atoms with van der Waals surface area (Å²) in [5, 5.41) is 0. The van der Waals surface area contributed by atoms with Gasteiger partial charge < -0.3 is 9.59 Å². The van der Waals surface area contributed by atoms with Crippen molar-refractivity contribution in [2.24, 2.45) is 0 Å². The van der Waals surface area contributed by atoms with Gasteiger partial charge in [0.2, 0.25) is 0 Å². The molecule has 0 aromatic heterocycles. The predicted octanol–water partition coefficient (Wildman–Crippen LogP) is -2.26. The standard InChI is InChI=1S/H2O2Si3/c1-5(2,3)4/h1-2H. The zero-order chi connectivity index (χ0) is 4.50. The molecule has 5 heavy (non-hydrogen) atoms. The maximum atomic E-state index is 8.04. The van der Waals surface area contributed by atoms with Crippen LogP contribution in [0, 0.1) is 0 Å². The van der Waals surface area contributed by atoms with Crippen LogP contribution in [-0.4, -0.2) is 36.7 Å². The van der Waals surface area contributed by atoms with Crippen LogP contribution in [0.3, 0.4) is 0 Å². The van der Waals surface area contributed by atoms with Gasteiger partial charge in [-0.2, -0.15) is 0 Å². The van der Waals surface area contributed by atoms with Crippen LogP contribution in [0.1, 0.15) is 0 Å². The minimum Gasteiger partial charge on any atom is -0.416 e. The Morgan fingerprint density at radius 1 is 1.20 bits per heavy atom. The van der Waals surface area contributed by atoms with Crippen molar-refractivity contribution in [1.29, 1.82) is 0 Å². The van der Waals surface area contributed by atoms with Gasteiger partial charge in [-0.25, -0.2) is 0 Å². The molecule has 0 aliphatic carbocycles. The van der Waals surface area contributed by atoms with Crippen LogP contribution in [0.2, 0.25) is 0 Å². The fraction of sp³-hybridized carbons (Fsp3) is 0. The molecule has 2 nitrogen and oxygen atoms in total. The van der Waals surface area contributed by atoms with E-state index in [-0.39, 0.29) is 0 Å². The van der Waals surface area contributed by atoms with Gasteiger partial charge in [0, 0.05) is 0 Å². The lowest BCUT2D eigenvalue weighted by Crippen LogP contribution is -2.36. The Labute approximate surface area is 37.5 Å². The second-order valence-electron chi connectivity index (χ2n) is 0.672. The Bertz CT molecular complexity index is 20.4. The Hall–Kier alpha value is 0.571. The Morgan fingerprint density at radius 3 is 1.20 bits per heavy atom. The lowest BCUT2D eigenvalue weighted by atomic mass is 15.8. The Balaban J connectivity index is 3.02. The summed E-state index contributed by atoms with van der Waals surface area (Å²) < 4.78 is 0. The lowest BCUT2D eigenvalue weighted by molar-refractivity contribution is 0.422. The number of rotatable bonds is 0. The van der Waals surface area contributed by atoms with E-state index >= 15 is 0 Å². The molecule has 0 amide bonds. The molecular formula is H2O2Si3. The molecule has 0 bridgehead atoms. The zero-order valence-electron chi connectivity index (χ0n) is 2.39. The summed E-state index contributed by atoms with van der Waals surface area (Å²) in [6.45, 7) is 0. The number of hydrogen-bond donors (Lipinski definition) is 2. The first kappa shape index (κ1) is 5.57. The highest BCUT2D eigenvalue weighted by molar-refractivity contribution is 7.33. The van der Waals surface area contributed by atoms with Crippen molar-refractivity contribution in [3.63, 3.8) is 0 Å². The van der Waals surface area contributed by atoms with E-state index in [0.717, 1.165) is 0 Å². The van der Waals surface area contributed by atoms with Crippen LogP contribution in [0.25, 0.3) is 0 Å². The molecule has 0 saturated heterocycles. The minimum atomic E-state index is -3.00. The first-order valence-corrected chi connectivity index (χ1v) is 5.84. The molecule has 0 saturated carbocycles. The van der Waals surface area contributed by atoms with E-state index in [4.69, 9.17) is 9.59 Å². The van der Waals surface area contributed by atoms with E-state index in [0.29, 0.717) is 0 Å². The topological polar surface area (TPSA) is 40.5 Å². The van der Waals surface area contributed by atoms with Gasteiger partial charge in [0.1, 0.15) is 0 Å². The second-order valence-corrected chi connectivity index (χ2v) is 7.70. The molecule has 0 aliphatic heterocycles. The zero-order valence-corrected chi connectivity index (χ0v) is 5.39. The Morgan fingerprint density at radius 2 is 1.20 bits per heavy atom. The molecule has 0 aliphatic rings.